The zero-order valence-electron chi connectivity index (χ0n) is 29.8. The van der Waals surface area contributed by atoms with Crippen LogP contribution in [0.15, 0.2) is 188 Å². The van der Waals surface area contributed by atoms with Gasteiger partial charge in [-0.2, -0.15) is 0 Å². The minimum Gasteiger partial charge on any atom is -0.310 e. The van der Waals surface area contributed by atoms with E-state index < -0.39 is 0 Å². The highest BCUT2D eigenvalue weighted by molar-refractivity contribution is 5.99. The number of hydrogen-bond acceptors (Lipinski definition) is 1. The molecule has 1 nitrogen and oxygen atoms in total. The third kappa shape index (κ3) is 4.08. The summed E-state index contributed by atoms with van der Waals surface area (Å²) in [6, 6.07) is 70.0. The lowest BCUT2D eigenvalue weighted by Crippen LogP contribution is -2.26. The van der Waals surface area contributed by atoms with Gasteiger partial charge in [-0.1, -0.05) is 166 Å². The van der Waals surface area contributed by atoms with E-state index in [1.54, 1.807) is 0 Å². The van der Waals surface area contributed by atoms with Crippen LogP contribution in [-0.4, -0.2) is 0 Å². The number of fused-ring (bicyclic) bond motifs is 9. The van der Waals surface area contributed by atoms with Crippen LogP contribution >= 0.6 is 0 Å². The zero-order valence-corrected chi connectivity index (χ0v) is 29.8. The van der Waals surface area contributed by atoms with Gasteiger partial charge in [-0.25, -0.2) is 0 Å². The molecule has 0 aliphatic heterocycles. The second kappa shape index (κ2) is 11.0. The van der Waals surface area contributed by atoms with Crippen molar-refractivity contribution in [1.29, 1.82) is 0 Å². The molecule has 8 aromatic carbocycles. The van der Waals surface area contributed by atoms with Crippen molar-refractivity contribution in [2.45, 2.75) is 24.7 Å². The SMILES string of the molecule is CC1(C)c2ccccc2-c2ccc(N(c3ccc(-c4ccccc4)cc3)c3ccc(C45c6ccccc6-c6cccc(c64)-c4ccccc45)cc3)cc21. The molecule has 0 atom stereocenters. The first-order valence-corrected chi connectivity index (χ1v) is 18.7. The highest BCUT2D eigenvalue weighted by Crippen LogP contribution is 2.64. The van der Waals surface area contributed by atoms with Crippen molar-refractivity contribution in [2.24, 2.45) is 0 Å². The van der Waals surface area contributed by atoms with Gasteiger partial charge in [-0.3, -0.25) is 0 Å². The normalized spacial score (nSPS) is 14.5. The largest absolute Gasteiger partial charge is 0.310 e. The first kappa shape index (κ1) is 30.2. The summed E-state index contributed by atoms with van der Waals surface area (Å²) < 4.78 is 0. The molecule has 53 heavy (non-hydrogen) atoms. The molecule has 3 aliphatic rings. The molecule has 0 unspecified atom stereocenters. The Morgan fingerprint density at radius 1 is 0.340 bits per heavy atom. The lowest BCUT2D eigenvalue weighted by molar-refractivity contribution is 0.660. The van der Waals surface area contributed by atoms with E-state index in [9.17, 15) is 0 Å². The van der Waals surface area contributed by atoms with Gasteiger partial charge in [0.05, 0.1) is 5.41 Å². The minimum atomic E-state index is -0.358. The standard InChI is InChI=1S/C52H37N/c1-51(2)46-20-9-6-15-40(46)43-32-31-39(33-49(43)51)53(37-27-23-35(24-28-37)34-13-4-3-5-14-34)38-29-25-36(26-30-38)52-47-21-10-7-16-41(47)44-18-12-19-45(50(44)52)42-17-8-11-22-48(42)52/h3-33H,1-2H3. The van der Waals surface area contributed by atoms with Gasteiger partial charge in [-0.15, -0.1) is 0 Å². The number of anilines is 3. The second-order valence-electron chi connectivity index (χ2n) is 15.3. The van der Waals surface area contributed by atoms with E-state index in [0.29, 0.717) is 0 Å². The Labute approximate surface area is 311 Å². The average Bonchev–Trinajstić information content (AvgIpc) is 3.78. The fraction of sp³-hybridized carbons (Fsp3) is 0.0769. The molecule has 11 rings (SSSR count). The maximum absolute atomic E-state index is 2.43. The van der Waals surface area contributed by atoms with Gasteiger partial charge in [0.1, 0.15) is 0 Å². The van der Waals surface area contributed by atoms with Crippen LogP contribution < -0.4 is 4.90 Å². The van der Waals surface area contributed by atoms with Crippen LogP contribution in [0.1, 0.15) is 47.2 Å². The molecule has 0 fully saturated rings. The molecular weight excluding hydrogens is 639 g/mol. The maximum atomic E-state index is 2.43. The maximum Gasteiger partial charge on any atom is 0.0725 e. The van der Waals surface area contributed by atoms with Gasteiger partial charge in [0, 0.05) is 22.5 Å². The summed E-state index contributed by atoms with van der Waals surface area (Å²) in [5.41, 5.74) is 21.7. The van der Waals surface area contributed by atoms with Crippen LogP contribution in [0.5, 0.6) is 0 Å². The van der Waals surface area contributed by atoms with Gasteiger partial charge in [0.15, 0.2) is 0 Å². The molecule has 0 aromatic heterocycles. The molecule has 0 radical (unpaired) electrons. The molecule has 0 heterocycles. The molecule has 0 spiro atoms. The molecule has 3 aliphatic carbocycles. The monoisotopic (exact) mass is 675 g/mol. The molecular formula is C52H37N. The fourth-order valence-electron chi connectivity index (χ4n) is 9.94. The van der Waals surface area contributed by atoms with Crippen LogP contribution in [0.3, 0.4) is 0 Å². The van der Waals surface area contributed by atoms with Crippen molar-refractivity contribution >= 4 is 17.1 Å². The van der Waals surface area contributed by atoms with Crippen molar-refractivity contribution in [3.63, 3.8) is 0 Å². The Hall–Kier alpha value is -6.44. The summed E-state index contributed by atoms with van der Waals surface area (Å²) in [4.78, 5) is 2.43. The van der Waals surface area contributed by atoms with E-state index >= 15 is 0 Å². The first-order valence-electron chi connectivity index (χ1n) is 18.7. The Morgan fingerprint density at radius 3 is 1.42 bits per heavy atom. The van der Waals surface area contributed by atoms with E-state index in [2.05, 4.69) is 207 Å². The molecule has 0 saturated carbocycles. The van der Waals surface area contributed by atoms with Crippen LogP contribution in [0.2, 0.25) is 0 Å². The highest BCUT2D eigenvalue weighted by atomic mass is 15.1. The fourth-order valence-corrected chi connectivity index (χ4v) is 9.94. The van der Waals surface area contributed by atoms with Crippen LogP contribution in [0.4, 0.5) is 17.1 Å². The minimum absolute atomic E-state index is 0.0926. The van der Waals surface area contributed by atoms with Gasteiger partial charge in [0.25, 0.3) is 0 Å². The molecule has 0 amide bonds. The number of nitrogens with zero attached hydrogens (tertiary/aromatic N) is 1. The van der Waals surface area contributed by atoms with Crippen LogP contribution in [-0.2, 0) is 10.8 Å². The number of hydrogen-bond donors (Lipinski definition) is 0. The lowest BCUT2D eigenvalue weighted by Gasteiger charge is -2.32. The van der Waals surface area contributed by atoms with Crippen molar-refractivity contribution in [3.8, 4) is 44.5 Å². The van der Waals surface area contributed by atoms with Gasteiger partial charge >= 0.3 is 0 Å². The van der Waals surface area contributed by atoms with Gasteiger partial charge in [-0.05, 0) is 114 Å². The van der Waals surface area contributed by atoms with Crippen molar-refractivity contribution in [1.82, 2.24) is 0 Å². The Balaban J connectivity index is 1.09. The summed E-state index contributed by atoms with van der Waals surface area (Å²) in [6.45, 7) is 4.72. The van der Waals surface area contributed by atoms with Crippen molar-refractivity contribution in [3.05, 3.63) is 221 Å². The third-order valence-corrected chi connectivity index (χ3v) is 12.3. The summed E-state index contributed by atoms with van der Waals surface area (Å²) in [5, 5.41) is 0. The number of benzene rings is 8. The van der Waals surface area contributed by atoms with Gasteiger partial charge < -0.3 is 4.90 Å². The number of rotatable bonds is 5. The smallest absolute Gasteiger partial charge is 0.0725 e. The van der Waals surface area contributed by atoms with Crippen LogP contribution in [0, 0.1) is 0 Å². The van der Waals surface area contributed by atoms with E-state index in [-0.39, 0.29) is 10.8 Å². The van der Waals surface area contributed by atoms with E-state index in [0.717, 1.165) is 17.1 Å². The van der Waals surface area contributed by atoms with E-state index in [4.69, 9.17) is 0 Å². The quantitative estimate of drug-likeness (QED) is 0.175. The van der Waals surface area contributed by atoms with Crippen molar-refractivity contribution < 1.29 is 0 Å². The Bertz CT molecular complexity index is 2670. The first-order chi connectivity index (χ1) is 26.0. The Morgan fingerprint density at radius 2 is 0.792 bits per heavy atom. The topological polar surface area (TPSA) is 3.24 Å². The predicted molar refractivity (Wildman–Crippen MR) is 220 cm³/mol. The molecule has 1 heteroatoms. The second-order valence-corrected chi connectivity index (χ2v) is 15.3. The summed E-state index contributed by atoms with van der Waals surface area (Å²) in [5.74, 6) is 0. The molecule has 0 saturated heterocycles. The highest BCUT2D eigenvalue weighted by Gasteiger charge is 2.52. The average molecular weight is 676 g/mol. The molecule has 0 bridgehead atoms. The Kier molecular flexibility index (Phi) is 6.29. The summed E-state index contributed by atoms with van der Waals surface area (Å²) >= 11 is 0. The molecule has 0 N–H and O–H groups in total. The van der Waals surface area contributed by atoms with Crippen LogP contribution in [0.25, 0.3) is 44.5 Å². The zero-order chi connectivity index (χ0) is 35.3. The third-order valence-electron chi connectivity index (χ3n) is 12.3. The van der Waals surface area contributed by atoms with Gasteiger partial charge in [0.2, 0.25) is 0 Å². The predicted octanol–water partition coefficient (Wildman–Crippen LogP) is 13.5. The van der Waals surface area contributed by atoms with E-state index in [1.807, 2.05) is 0 Å². The summed E-state index contributed by atoms with van der Waals surface area (Å²) in [7, 11) is 0. The van der Waals surface area contributed by atoms with Crippen molar-refractivity contribution in [2.75, 3.05) is 4.90 Å². The molecule has 250 valence electrons. The molecule has 8 aromatic rings. The van der Waals surface area contributed by atoms with E-state index in [1.165, 1.54) is 77.9 Å². The lowest BCUT2D eigenvalue weighted by atomic mass is 9.70. The summed E-state index contributed by atoms with van der Waals surface area (Å²) in [6.07, 6.45) is 0.